The molecule has 3 aromatic rings. The molecule has 1 aliphatic rings. The third kappa shape index (κ3) is 3.15. The molecule has 3 nitrogen and oxygen atoms in total. The van der Waals surface area contributed by atoms with Gasteiger partial charge in [-0.1, -0.05) is 25.0 Å². The molecule has 0 aliphatic heterocycles. The number of nitrogens with one attached hydrogen (secondary N) is 1. The first-order valence-electron chi connectivity index (χ1n) is 8.75. The first kappa shape index (κ1) is 16.9. The van der Waals surface area contributed by atoms with Crippen LogP contribution in [0.5, 0.6) is 0 Å². The van der Waals surface area contributed by atoms with Crippen molar-refractivity contribution in [3.05, 3.63) is 71.5 Å². The molecule has 26 heavy (non-hydrogen) atoms. The highest BCUT2D eigenvalue weighted by atomic mass is 32.1. The van der Waals surface area contributed by atoms with Crippen molar-refractivity contribution >= 4 is 22.9 Å². The molecule has 0 saturated heterocycles. The fourth-order valence-corrected chi connectivity index (χ4v) is 4.37. The van der Waals surface area contributed by atoms with Gasteiger partial charge >= 0.3 is 0 Å². The first-order chi connectivity index (χ1) is 12.7. The molecule has 2 aromatic carbocycles. The number of carbonyl (C=O) groups excluding carboxylic acids is 1. The molecule has 1 aromatic heterocycles. The number of anilines is 1. The van der Waals surface area contributed by atoms with Crippen molar-refractivity contribution in [2.24, 2.45) is 0 Å². The number of aromatic nitrogens is 1. The second-order valence-electron chi connectivity index (χ2n) is 6.67. The van der Waals surface area contributed by atoms with E-state index in [4.69, 9.17) is 0 Å². The molecule has 0 atom stereocenters. The molecular formula is C21H19FN2OS. The van der Waals surface area contributed by atoms with Gasteiger partial charge in [0.25, 0.3) is 0 Å². The lowest BCUT2D eigenvalue weighted by Gasteiger charge is -2.28. The van der Waals surface area contributed by atoms with Crippen LogP contribution in [0.4, 0.5) is 10.1 Å². The minimum absolute atomic E-state index is 0.0531. The van der Waals surface area contributed by atoms with E-state index in [2.05, 4.69) is 10.3 Å². The number of hydrogen-bond donors (Lipinski definition) is 1. The summed E-state index contributed by atoms with van der Waals surface area (Å²) in [7, 11) is 0. The maximum absolute atomic E-state index is 13.7. The standard InChI is InChI=1S/C21H19FN2OS/c22-17-5-3-4-16(14-17)21(10-1-2-11-21)20(25)24-18-8-6-15(7-9-18)19-23-12-13-26-19/h3-9,12-14H,1-2,10-11H2,(H,24,25). The lowest BCUT2D eigenvalue weighted by atomic mass is 9.78. The average molecular weight is 366 g/mol. The zero-order chi connectivity index (χ0) is 18.0. The van der Waals surface area contributed by atoms with Gasteiger partial charge in [0, 0.05) is 22.8 Å². The number of halogens is 1. The molecule has 0 unspecified atom stereocenters. The van der Waals surface area contributed by atoms with E-state index in [1.807, 2.05) is 35.7 Å². The summed E-state index contributed by atoms with van der Waals surface area (Å²) < 4.78 is 13.7. The largest absolute Gasteiger partial charge is 0.325 e. The minimum Gasteiger partial charge on any atom is -0.325 e. The summed E-state index contributed by atoms with van der Waals surface area (Å²) in [5, 5.41) is 5.93. The molecule has 1 saturated carbocycles. The van der Waals surface area contributed by atoms with Crippen LogP contribution in [0, 0.1) is 5.82 Å². The summed E-state index contributed by atoms with van der Waals surface area (Å²) >= 11 is 1.58. The molecule has 1 aliphatic carbocycles. The normalized spacial score (nSPS) is 15.7. The van der Waals surface area contributed by atoms with Crippen LogP contribution in [-0.2, 0) is 10.2 Å². The van der Waals surface area contributed by atoms with Crippen molar-refractivity contribution in [3.63, 3.8) is 0 Å². The Labute approximate surface area is 155 Å². The summed E-state index contributed by atoms with van der Waals surface area (Å²) in [6.07, 6.45) is 5.23. The highest BCUT2D eigenvalue weighted by molar-refractivity contribution is 7.13. The summed E-state index contributed by atoms with van der Waals surface area (Å²) in [4.78, 5) is 17.4. The van der Waals surface area contributed by atoms with E-state index < -0.39 is 5.41 Å². The zero-order valence-electron chi connectivity index (χ0n) is 14.2. The van der Waals surface area contributed by atoms with Crippen LogP contribution < -0.4 is 5.32 Å². The number of rotatable bonds is 4. The van der Waals surface area contributed by atoms with E-state index in [0.717, 1.165) is 47.5 Å². The fourth-order valence-electron chi connectivity index (χ4n) is 3.72. The fraction of sp³-hybridized carbons (Fsp3) is 0.238. The predicted octanol–water partition coefficient (Wildman–Crippen LogP) is 5.40. The van der Waals surface area contributed by atoms with Gasteiger partial charge in [-0.05, 0) is 54.8 Å². The summed E-state index contributed by atoms with van der Waals surface area (Å²) in [6.45, 7) is 0. The van der Waals surface area contributed by atoms with Gasteiger partial charge in [-0.3, -0.25) is 4.79 Å². The monoisotopic (exact) mass is 366 g/mol. The maximum atomic E-state index is 13.7. The molecule has 1 fully saturated rings. The number of benzene rings is 2. The van der Waals surface area contributed by atoms with Crippen LogP contribution in [-0.4, -0.2) is 10.9 Å². The van der Waals surface area contributed by atoms with E-state index in [9.17, 15) is 9.18 Å². The number of thiazole rings is 1. The van der Waals surface area contributed by atoms with Crippen LogP contribution in [0.2, 0.25) is 0 Å². The SMILES string of the molecule is O=C(Nc1ccc(-c2nccs2)cc1)C1(c2cccc(F)c2)CCCC1. The lowest BCUT2D eigenvalue weighted by Crippen LogP contribution is -2.38. The molecule has 5 heteroatoms. The quantitative estimate of drug-likeness (QED) is 0.672. The lowest BCUT2D eigenvalue weighted by molar-refractivity contribution is -0.121. The Morgan fingerprint density at radius 3 is 2.54 bits per heavy atom. The third-order valence-corrected chi connectivity index (χ3v) is 5.91. The highest BCUT2D eigenvalue weighted by Gasteiger charge is 2.42. The van der Waals surface area contributed by atoms with Crippen molar-refractivity contribution in [2.45, 2.75) is 31.1 Å². The molecule has 4 rings (SSSR count). The van der Waals surface area contributed by atoms with Crippen molar-refractivity contribution < 1.29 is 9.18 Å². The van der Waals surface area contributed by atoms with Crippen molar-refractivity contribution in [1.29, 1.82) is 0 Å². The molecule has 1 heterocycles. The second kappa shape index (κ2) is 7.00. The van der Waals surface area contributed by atoms with Gasteiger partial charge in [0.15, 0.2) is 0 Å². The molecule has 0 bridgehead atoms. The topological polar surface area (TPSA) is 42.0 Å². The Hall–Kier alpha value is -2.53. The van der Waals surface area contributed by atoms with Gasteiger partial charge in [-0.25, -0.2) is 9.37 Å². The van der Waals surface area contributed by atoms with Crippen molar-refractivity contribution in [1.82, 2.24) is 4.98 Å². The number of amides is 1. The molecule has 0 spiro atoms. The molecule has 0 radical (unpaired) electrons. The summed E-state index contributed by atoms with van der Waals surface area (Å²) in [5.74, 6) is -0.350. The van der Waals surface area contributed by atoms with Gasteiger partial charge in [0.1, 0.15) is 10.8 Å². The average Bonchev–Trinajstić information content (AvgIpc) is 3.35. The van der Waals surface area contributed by atoms with Crippen LogP contribution in [0.15, 0.2) is 60.1 Å². The molecular weight excluding hydrogens is 347 g/mol. The number of nitrogens with zero attached hydrogens (tertiary/aromatic N) is 1. The van der Waals surface area contributed by atoms with Gasteiger partial charge in [0.2, 0.25) is 5.91 Å². The number of hydrogen-bond acceptors (Lipinski definition) is 3. The Morgan fingerprint density at radius 1 is 1.12 bits per heavy atom. The van der Waals surface area contributed by atoms with Gasteiger partial charge in [-0.2, -0.15) is 0 Å². The van der Waals surface area contributed by atoms with E-state index in [0.29, 0.717) is 0 Å². The Balaban J connectivity index is 1.57. The van der Waals surface area contributed by atoms with Crippen LogP contribution in [0.25, 0.3) is 10.6 Å². The third-order valence-electron chi connectivity index (χ3n) is 5.09. The highest BCUT2D eigenvalue weighted by Crippen LogP contribution is 2.42. The van der Waals surface area contributed by atoms with Crippen LogP contribution in [0.3, 0.4) is 0 Å². The van der Waals surface area contributed by atoms with Gasteiger partial charge in [-0.15, -0.1) is 11.3 Å². The predicted molar refractivity (Wildman–Crippen MR) is 103 cm³/mol. The van der Waals surface area contributed by atoms with Crippen molar-refractivity contribution in [3.8, 4) is 10.6 Å². The Kier molecular flexibility index (Phi) is 4.55. The van der Waals surface area contributed by atoms with Gasteiger partial charge in [0.05, 0.1) is 5.41 Å². The van der Waals surface area contributed by atoms with E-state index in [1.54, 1.807) is 23.6 Å². The molecule has 132 valence electrons. The van der Waals surface area contributed by atoms with Crippen LogP contribution >= 0.6 is 11.3 Å². The molecule has 1 amide bonds. The van der Waals surface area contributed by atoms with Gasteiger partial charge < -0.3 is 5.32 Å². The Bertz CT molecular complexity index is 900. The van der Waals surface area contributed by atoms with E-state index >= 15 is 0 Å². The summed E-state index contributed by atoms with van der Waals surface area (Å²) in [5.41, 5.74) is 1.90. The Morgan fingerprint density at radius 2 is 1.88 bits per heavy atom. The minimum atomic E-state index is -0.643. The van der Waals surface area contributed by atoms with E-state index in [-0.39, 0.29) is 11.7 Å². The summed E-state index contributed by atoms with van der Waals surface area (Å²) in [6, 6.07) is 14.2. The molecule has 1 N–H and O–H groups in total. The van der Waals surface area contributed by atoms with Crippen LogP contribution in [0.1, 0.15) is 31.2 Å². The maximum Gasteiger partial charge on any atom is 0.235 e. The number of carbonyl (C=O) groups is 1. The second-order valence-corrected chi connectivity index (χ2v) is 7.56. The van der Waals surface area contributed by atoms with Crippen molar-refractivity contribution in [2.75, 3.05) is 5.32 Å². The first-order valence-corrected chi connectivity index (χ1v) is 9.63. The van der Waals surface area contributed by atoms with E-state index in [1.165, 1.54) is 12.1 Å². The zero-order valence-corrected chi connectivity index (χ0v) is 15.1. The smallest absolute Gasteiger partial charge is 0.235 e.